The van der Waals surface area contributed by atoms with E-state index >= 15 is 0 Å². The van der Waals surface area contributed by atoms with Crippen LogP contribution in [0.1, 0.15) is 27.2 Å². The molecule has 0 heterocycles. The molecule has 0 atom stereocenters. The van der Waals surface area contributed by atoms with Crippen molar-refractivity contribution in [2.45, 2.75) is 27.2 Å². The summed E-state index contributed by atoms with van der Waals surface area (Å²) in [4.78, 5) is 4.44. The van der Waals surface area contributed by atoms with E-state index in [-0.39, 0.29) is 0 Å². The predicted octanol–water partition coefficient (Wildman–Crippen LogP) is 1.71. The third kappa shape index (κ3) is 6.05. The van der Waals surface area contributed by atoms with E-state index in [9.17, 15) is 0 Å². The van der Waals surface area contributed by atoms with Crippen LogP contribution in [0, 0.1) is 5.92 Å². The minimum absolute atomic E-state index is 0.601. The molecule has 0 aliphatic heterocycles. The molecule has 0 spiro atoms. The van der Waals surface area contributed by atoms with Crippen molar-refractivity contribution in [2.24, 2.45) is 10.9 Å². The lowest BCUT2D eigenvalue weighted by molar-refractivity contribution is 0.729. The SMILES string of the molecule is CNCCC/N=C(\C)C(C)C. The Balaban J connectivity index is 3.40. The van der Waals surface area contributed by atoms with Crippen molar-refractivity contribution in [3.8, 4) is 0 Å². The Hall–Kier alpha value is -0.370. The second-order valence-electron chi connectivity index (χ2n) is 3.13. The van der Waals surface area contributed by atoms with Gasteiger partial charge in [-0.15, -0.1) is 0 Å². The summed E-state index contributed by atoms with van der Waals surface area (Å²) in [5.74, 6) is 0.601. The first-order valence-corrected chi connectivity index (χ1v) is 4.34. The van der Waals surface area contributed by atoms with Crippen LogP contribution >= 0.6 is 0 Å². The van der Waals surface area contributed by atoms with Crippen molar-refractivity contribution in [1.29, 1.82) is 0 Å². The summed E-state index contributed by atoms with van der Waals surface area (Å²) in [6.07, 6.45) is 1.14. The van der Waals surface area contributed by atoms with Gasteiger partial charge in [0.15, 0.2) is 0 Å². The first-order chi connectivity index (χ1) is 5.18. The topological polar surface area (TPSA) is 24.4 Å². The van der Waals surface area contributed by atoms with Gasteiger partial charge in [0.2, 0.25) is 0 Å². The molecule has 0 saturated carbocycles. The average molecular weight is 156 g/mol. The maximum atomic E-state index is 4.44. The van der Waals surface area contributed by atoms with Crippen LogP contribution in [-0.4, -0.2) is 25.8 Å². The number of hydrogen-bond donors (Lipinski definition) is 1. The molecule has 66 valence electrons. The lowest BCUT2D eigenvalue weighted by Gasteiger charge is -2.03. The van der Waals surface area contributed by atoms with Crippen LogP contribution in [0.5, 0.6) is 0 Å². The number of nitrogens with one attached hydrogen (secondary N) is 1. The number of hydrogen-bond acceptors (Lipinski definition) is 2. The maximum Gasteiger partial charge on any atom is 0.0400 e. The molecule has 0 aliphatic carbocycles. The van der Waals surface area contributed by atoms with E-state index in [4.69, 9.17) is 0 Å². The largest absolute Gasteiger partial charge is 0.320 e. The molecular formula is C9H20N2. The highest BCUT2D eigenvalue weighted by molar-refractivity contribution is 5.83. The van der Waals surface area contributed by atoms with Crippen molar-refractivity contribution < 1.29 is 0 Å². The van der Waals surface area contributed by atoms with Gasteiger partial charge in [-0.1, -0.05) is 13.8 Å². The number of rotatable bonds is 5. The van der Waals surface area contributed by atoms with Crippen molar-refractivity contribution >= 4 is 5.71 Å². The molecule has 1 N–H and O–H groups in total. The van der Waals surface area contributed by atoms with Gasteiger partial charge < -0.3 is 5.32 Å². The fourth-order valence-electron chi connectivity index (χ4n) is 0.694. The van der Waals surface area contributed by atoms with E-state index in [1.54, 1.807) is 0 Å². The van der Waals surface area contributed by atoms with Crippen LogP contribution in [0.4, 0.5) is 0 Å². The van der Waals surface area contributed by atoms with Crippen molar-refractivity contribution in [3.05, 3.63) is 0 Å². The van der Waals surface area contributed by atoms with Gasteiger partial charge >= 0.3 is 0 Å². The quantitative estimate of drug-likeness (QED) is 0.475. The lowest BCUT2D eigenvalue weighted by Crippen LogP contribution is -2.10. The second-order valence-corrected chi connectivity index (χ2v) is 3.13. The van der Waals surface area contributed by atoms with E-state index in [1.807, 2.05) is 7.05 Å². The molecule has 0 radical (unpaired) electrons. The van der Waals surface area contributed by atoms with Crippen molar-refractivity contribution in [2.75, 3.05) is 20.1 Å². The maximum absolute atomic E-state index is 4.44. The molecule has 0 rings (SSSR count). The molecule has 0 aromatic heterocycles. The molecule has 0 saturated heterocycles. The lowest BCUT2D eigenvalue weighted by atomic mass is 10.1. The van der Waals surface area contributed by atoms with Crippen LogP contribution in [-0.2, 0) is 0 Å². The molecular weight excluding hydrogens is 136 g/mol. The standard InChI is InChI=1S/C9H20N2/c1-8(2)9(3)11-7-5-6-10-4/h8,10H,5-7H2,1-4H3/b11-9+. The summed E-state index contributed by atoms with van der Waals surface area (Å²) in [7, 11) is 1.97. The molecule has 2 nitrogen and oxygen atoms in total. The first kappa shape index (κ1) is 10.6. The fraction of sp³-hybridized carbons (Fsp3) is 0.889. The van der Waals surface area contributed by atoms with Gasteiger partial charge in [-0.2, -0.15) is 0 Å². The summed E-state index contributed by atoms with van der Waals surface area (Å²) >= 11 is 0. The smallest absolute Gasteiger partial charge is 0.0400 e. The molecule has 0 amide bonds. The average Bonchev–Trinajstić information content (AvgIpc) is 1.97. The van der Waals surface area contributed by atoms with E-state index < -0.39 is 0 Å². The molecule has 0 unspecified atom stereocenters. The molecule has 0 aromatic carbocycles. The Labute approximate surface area is 70.1 Å². The Morgan fingerprint density at radius 1 is 1.45 bits per heavy atom. The van der Waals surface area contributed by atoms with E-state index in [2.05, 4.69) is 31.1 Å². The highest BCUT2D eigenvalue weighted by Crippen LogP contribution is 1.96. The second kappa shape index (κ2) is 6.35. The van der Waals surface area contributed by atoms with Crippen LogP contribution in [0.2, 0.25) is 0 Å². The summed E-state index contributed by atoms with van der Waals surface area (Å²) in [6, 6.07) is 0. The zero-order valence-corrected chi connectivity index (χ0v) is 8.15. The van der Waals surface area contributed by atoms with Crippen LogP contribution in [0.25, 0.3) is 0 Å². The minimum atomic E-state index is 0.601. The molecule has 0 aromatic rings. The number of aliphatic imine (C=N–C) groups is 1. The van der Waals surface area contributed by atoms with E-state index in [0.717, 1.165) is 19.5 Å². The monoisotopic (exact) mass is 156 g/mol. The summed E-state index contributed by atoms with van der Waals surface area (Å²) < 4.78 is 0. The molecule has 0 aliphatic rings. The van der Waals surface area contributed by atoms with E-state index in [0.29, 0.717) is 5.92 Å². The first-order valence-electron chi connectivity index (χ1n) is 4.34. The number of nitrogens with zero attached hydrogens (tertiary/aromatic N) is 1. The summed E-state index contributed by atoms with van der Waals surface area (Å²) in [6.45, 7) is 8.48. The fourth-order valence-corrected chi connectivity index (χ4v) is 0.694. The zero-order chi connectivity index (χ0) is 8.69. The molecule has 2 heteroatoms. The third-order valence-corrected chi connectivity index (χ3v) is 1.78. The van der Waals surface area contributed by atoms with Crippen LogP contribution in [0.15, 0.2) is 4.99 Å². The minimum Gasteiger partial charge on any atom is -0.320 e. The Bertz CT molecular complexity index is 117. The molecule has 11 heavy (non-hydrogen) atoms. The van der Waals surface area contributed by atoms with Gasteiger partial charge in [-0.3, -0.25) is 4.99 Å². The summed E-state index contributed by atoms with van der Waals surface area (Å²) in [5, 5.41) is 3.10. The van der Waals surface area contributed by atoms with Crippen molar-refractivity contribution in [3.63, 3.8) is 0 Å². The molecule has 0 bridgehead atoms. The Morgan fingerprint density at radius 2 is 2.09 bits per heavy atom. The van der Waals surface area contributed by atoms with Crippen LogP contribution in [0.3, 0.4) is 0 Å². The van der Waals surface area contributed by atoms with Crippen molar-refractivity contribution in [1.82, 2.24) is 5.32 Å². The van der Waals surface area contributed by atoms with Gasteiger partial charge in [0.25, 0.3) is 0 Å². The Kier molecular flexibility index (Phi) is 6.13. The third-order valence-electron chi connectivity index (χ3n) is 1.78. The van der Waals surface area contributed by atoms with E-state index in [1.165, 1.54) is 5.71 Å². The van der Waals surface area contributed by atoms with Gasteiger partial charge in [0.1, 0.15) is 0 Å². The predicted molar refractivity (Wildman–Crippen MR) is 51.4 cm³/mol. The van der Waals surface area contributed by atoms with Gasteiger partial charge in [0.05, 0.1) is 0 Å². The highest BCUT2D eigenvalue weighted by Gasteiger charge is 1.95. The molecule has 0 fully saturated rings. The zero-order valence-electron chi connectivity index (χ0n) is 8.15. The van der Waals surface area contributed by atoms with Gasteiger partial charge in [0, 0.05) is 12.3 Å². The van der Waals surface area contributed by atoms with Gasteiger partial charge in [-0.05, 0) is 32.9 Å². The summed E-state index contributed by atoms with van der Waals surface area (Å²) in [5.41, 5.74) is 1.26. The Morgan fingerprint density at radius 3 is 2.55 bits per heavy atom. The van der Waals surface area contributed by atoms with Crippen LogP contribution < -0.4 is 5.32 Å². The van der Waals surface area contributed by atoms with Gasteiger partial charge in [-0.25, -0.2) is 0 Å². The highest BCUT2D eigenvalue weighted by atomic mass is 14.8. The normalized spacial score (nSPS) is 12.6.